The van der Waals surface area contributed by atoms with Crippen molar-refractivity contribution < 1.29 is 13.2 Å². The summed E-state index contributed by atoms with van der Waals surface area (Å²) < 4.78 is 42.1. The number of hydrogen-bond acceptors (Lipinski definition) is 7. The number of halogens is 3. The maximum absolute atomic E-state index is 13.0. The van der Waals surface area contributed by atoms with Crippen LogP contribution in [0, 0.1) is 6.92 Å². The molecule has 6 rings (SSSR count). The quantitative estimate of drug-likeness (QED) is 0.318. The van der Waals surface area contributed by atoms with E-state index in [1.165, 1.54) is 4.68 Å². The van der Waals surface area contributed by atoms with E-state index in [0.717, 1.165) is 47.8 Å². The molecular formula is C26H24F3N9. The van der Waals surface area contributed by atoms with Crippen molar-refractivity contribution in [3.63, 3.8) is 0 Å². The first-order valence-corrected chi connectivity index (χ1v) is 12.3. The van der Waals surface area contributed by atoms with Gasteiger partial charge in [0.05, 0.1) is 22.6 Å². The number of imidazole rings is 1. The smallest absolute Gasteiger partial charge is 0.363 e. The number of rotatable bonds is 7. The fraction of sp³-hybridized carbons (Fsp3) is 0.308. The van der Waals surface area contributed by atoms with E-state index in [4.69, 9.17) is 10.1 Å². The number of nitrogens with zero attached hydrogens (tertiary/aromatic N) is 8. The molecule has 38 heavy (non-hydrogen) atoms. The average Bonchev–Trinajstić information content (AvgIpc) is 3.51. The molecule has 0 aliphatic heterocycles. The molecule has 12 heteroatoms. The van der Waals surface area contributed by atoms with Crippen LogP contribution < -0.4 is 5.32 Å². The highest BCUT2D eigenvalue weighted by Crippen LogP contribution is 2.43. The van der Waals surface area contributed by atoms with E-state index in [-0.39, 0.29) is 0 Å². The number of hydrogen-bond donors (Lipinski definition) is 1. The second-order valence-electron chi connectivity index (χ2n) is 9.29. The molecule has 1 fully saturated rings. The minimum Gasteiger partial charge on any atom is -0.363 e. The summed E-state index contributed by atoms with van der Waals surface area (Å²) in [4.78, 5) is 18.3. The van der Waals surface area contributed by atoms with Crippen molar-refractivity contribution in [3.05, 3.63) is 77.4 Å². The van der Waals surface area contributed by atoms with Crippen molar-refractivity contribution in [3.8, 4) is 17.1 Å². The second kappa shape index (κ2) is 9.19. The Balaban J connectivity index is 1.28. The SMILES string of the molecule is CCc1ncnc(C2CC2)c1-c1nc(NCc2ccc(-n3nc(C(F)(F)F)cc3C)cc2)c2nccn2n1. The number of anilines is 1. The third kappa shape index (κ3) is 4.46. The maximum Gasteiger partial charge on any atom is 0.435 e. The molecular weight excluding hydrogens is 495 g/mol. The predicted octanol–water partition coefficient (Wildman–Crippen LogP) is 5.15. The summed E-state index contributed by atoms with van der Waals surface area (Å²) in [5, 5.41) is 11.8. The molecule has 5 aromatic rings. The minimum absolute atomic E-state index is 0.403. The van der Waals surface area contributed by atoms with Crippen LogP contribution in [0.2, 0.25) is 0 Å². The zero-order chi connectivity index (χ0) is 26.4. The molecule has 4 aromatic heterocycles. The maximum atomic E-state index is 13.0. The molecule has 194 valence electrons. The van der Waals surface area contributed by atoms with Crippen LogP contribution in [-0.2, 0) is 19.1 Å². The Labute approximate surface area is 215 Å². The lowest BCUT2D eigenvalue weighted by molar-refractivity contribution is -0.141. The molecule has 1 aromatic carbocycles. The molecule has 0 atom stereocenters. The Bertz CT molecular complexity index is 1620. The van der Waals surface area contributed by atoms with E-state index in [2.05, 4.69) is 32.3 Å². The first kappa shape index (κ1) is 24.0. The van der Waals surface area contributed by atoms with Gasteiger partial charge in [0.15, 0.2) is 23.0 Å². The van der Waals surface area contributed by atoms with Crippen LogP contribution in [0.25, 0.3) is 22.7 Å². The van der Waals surface area contributed by atoms with Gasteiger partial charge in [0, 0.05) is 30.6 Å². The van der Waals surface area contributed by atoms with Gasteiger partial charge in [-0.1, -0.05) is 19.1 Å². The van der Waals surface area contributed by atoms with Crippen molar-refractivity contribution in [1.82, 2.24) is 39.3 Å². The highest BCUT2D eigenvalue weighted by atomic mass is 19.4. The van der Waals surface area contributed by atoms with Crippen LogP contribution in [0.5, 0.6) is 0 Å². The summed E-state index contributed by atoms with van der Waals surface area (Å²) in [6.07, 6.45) is 3.49. The topological polar surface area (TPSA) is 98.7 Å². The van der Waals surface area contributed by atoms with Crippen LogP contribution in [0.1, 0.15) is 54.0 Å². The van der Waals surface area contributed by atoms with Gasteiger partial charge < -0.3 is 5.32 Å². The molecule has 1 aliphatic carbocycles. The van der Waals surface area contributed by atoms with Gasteiger partial charge in [-0.05, 0) is 49.9 Å². The number of aromatic nitrogens is 8. The largest absolute Gasteiger partial charge is 0.435 e. The summed E-state index contributed by atoms with van der Waals surface area (Å²) in [7, 11) is 0. The first-order chi connectivity index (χ1) is 18.3. The first-order valence-electron chi connectivity index (χ1n) is 12.3. The summed E-state index contributed by atoms with van der Waals surface area (Å²) >= 11 is 0. The van der Waals surface area contributed by atoms with Gasteiger partial charge in [-0.15, -0.1) is 5.10 Å². The molecule has 4 heterocycles. The predicted molar refractivity (Wildman–Crippen MR) is 134 cm³/mol. The highest BCUT2D eigenvalue weighted by Gasteiger charge is 2.34. The van der Waals surface area contributed by atoms with Crippen molar-refractivity contribution in [2.45, 2.75) is 51.7 Å². The molecule has 0 unspecified atom stereocenters. The van der Waals surface area contributed by atoms with Gasteiger partial charge >= 0.3 is 6.18 Å². The fourth-order valence-electron chi connectivity index (χ4n) is 4.48. The van der Waals surface area contributed by atoms with E-state index in [1.54, 1.807) is 42.3 Å². The minimum atomic E-state index is -4.49. The van der Waals surface area contributed by atoms with Crippen LogP contribution >= 0.6 is 0 Å². The monoisotopic (exact) mass is 519 g/mol. The van der Waals surface area contributed by atoms with Crippen LogP contribution in [-0.4, -0.2) is 39.3 Å². The number of benzene rings is 1. The Morgan fingerprint density at radius 2 is 1.84 bits per heavy atom. The van der Waals surface area contributed by atoms with Gasteiger partial charge in [-0.25, -0.2) is 29.1 Å². The third-order valence-electron chi connectivity index (χ3n) is 6.55. The summed E-state index contributed by atoms with van der Waals surface area (Å²) in [5.41, 5.74) is 4.31. The Kier molecular flexibility index (Phi) is 5.81. The van der Waals surface area contributed by atoms with Crippen LogP contribution in [0.4, 0.5) is 19.0 Å². The Morgan fingerprint density at radius 3 is 2.53 bits per heavy atom. The van der Waals surface area contributed by atoms with Crippen LogP contribution in [0.3, 0.4) is 0 Å². The van der Waals surface area contributed by atoms with Gasteiger partial charge in [0.1, 0.15) is 6.33 Å². The summed E-state index contributed by atoms with van der Waals surface area (Å²) in [6.45, 7) is 4.07. The zero-order valence-corrected chi connectivity index (χ0v) is 20.7. The second-order valence-corrected chi connectivity index (χ2v) is 9.29. The van der Waals surface area contributed by atoms with E-state index >= 15 is 0 Å². The fourth-order valence-corrected chi connectivity index (χ4v) is 4.48. The Morgan fingerprint density at radius 1 is 1.05 bits per heavy atom. The summed E-state index contributed by atoms with van der Waals surface area (Å²) in [6, 6.07) is 8.20. The molecule has 1 aliphatic rings. The molecule has 0 saturated heterocycles. The van der Waals surface area contributed by atoms with Gasteiger partial charge in [-0.3, -0.25) is 0 Å². The number of aryl methyl sites for hydroxylation is 2. The van der Waals surface area contributed by atoms with Crippen LogP contribution in [0.15, 0.2) is 49.1 Å². The number of fused-ring (bicyclic) bond motifs is 1. The van der Waals surface area contributed by atoms with Crippen molar-refractivity contribution in [2.24, 2.45) is 0 Å². The van der Waals surface area contributed by atoms with Crippen molar-refractivity contribution in [2.75, 3.05) is 5.32 Å². The molecule has 0 radical (unpaired) electrons. The van der Waals surface area contributed by atoms with E-state index in [9.17, 15) is 13.2 Å². The molecule has 1 saturated carbocycles. The number of nitrogens with one attached hydrogen (secondary N) is 1. The Hall–Kier alpha value is -4.35. The number of alkyl halides is 3. The average molecular weight is 520 g/mol. The zero-order valence-electron chi connectivity index (χ0n) is 20.7. The van der Waals surface area contributed by atoms with Gasteiger partial charge in [0.25, 0.3) is 0 Å². The lowest BCUT2D eigenvalue weighted by atomic mass is 10.1. The van der Waals surface area contributed by atoms with Crippen molar-refractivity contribution >= 4 is 11.5 Å². The molecule has 1 N–H and O–H groups in total. The van der Waals surface area contributed by atoms with Gasteiger partial charge in [-0.2, -0.15) is 18.3 Å². The molecule has 0 spiro atoms. The normalized spacial score (nSPS) is 13.8. The molecule has 0 bridgehead atoms. The van der Waals surface area contributed by atoms with E-state index in [1.807, 2.05) is 12.1 Å². The summed E-state index contributed by atoms with van der Waals surface area (Å²) in [5.74, 6) is 1.51. The van der Waals surface area contributed by atoms with Crippen molar-refractivity contribution in [1.29, 1.82) is 0 Å². The lowest BCUT2D eigenvalue weighted by Crippen LogP contribution is -2.10. The van der Waals surface area contributed by atoms with Gasteiger partial charge in [0.2, 0.25) is 0 Å². The van der Waals surface area contributed by atoms with E-state index < -0.39 is 11.9 Å². The highest BCUT2D eigenvalue weighted by molar-refractivity contribution is 5.69. The lowest BCUT2D eigenvalue weighted by Gasteiger charge is -2.13. The molecule has 0 amide bonds. The third-order valence-corrected chi connectivity index (χ3v) is 6.55. The standard InChI is InChI=1S/C26H24F3N9/c1-3-19-21(22(17-6-7-17)33-14-32-19)23-34-24(25-30-10-11-37(25)36-23)31-13-16-4-8-18(9-5-16)38-15(2)12-20(35-38)26(27,28)29/h4-5,8-12,14,17H,3,6-7,13H2,1-2H3,(H,31,34,36). The van der Waals surface area contributed by atoms with E-state index in [0.29, 0.717) is 41.1 Å². The molecule has 9 nitrogen and oxygen atoms in total.